The van der Waals surface area contributed by atoms with Crippen LogP contribution in [-0.2, 0) is 9.61 Å². The second kappa shape index (κ2) is 2.98. The summed E-state index contributed by atoms with van der Waals surface area (Å²) in [6.07, 6.45) is 1.49. The van der Waals surface area contributed by atoms with E-state index in [1.165, 1.54) is 6.20 Å². The van der Waals surface area contributed by atoms with Crippen LogP contribution in [0.3, 0.4) is 0 Å². The van der Waals surface area contributed by atoms with Gasteiger partial charge in [-0.1, -0.05) is 0 Å². The SMILES string of the molecule is OB1OOc2cccnc2OO1. The standard InChI is InChI=1S/C5H4BNO5/c8-6-11-9-4-2-1-3-7-5(4)10-12-6/h1-3,8H. The van der Waals surface area contributed by atoms with Gasteiger partial charge < -0.3 is 14.8 Å². The summed E-state index contributed by atoms with van der Waals surface area (Å²) in [4.78, 5) is 21.5. The highest BCUT2D eigenvalue weighted by Gasteiger charge is 2.26. The van der Waals surface area contributed by atoms with Gasteiger partial charge in [-0.15, -0.1) is 0 Å². The van der Waals surface area contributed by atoms with Crippen molar-refractivity contribution in [2.75, 3.05) is 0 Å². The third kappa shape index (κ3) is 1.33. The third-order valence-corrected chi connectivity index (χ3v) is 1.17. The van der Waals surface area contributed by atoms with Crippen molar-refractivity contribution in [1.29, 1.82) is 0 Å². The molecule has 0 atom stereocenters. The number of pyridine rings is 1. The zero-order valence-corrected chi connectivity index (χ0v) is 5.84. The molecule has 62 valence electrons. The first kappa shape index (κ1) is 7.35. The lowest BCUT2D eigenvalue weighted by Crippen LogP contribution is -2.23. The summed E-state index contributed by atoms with van der Waals surface area (Å²) in [7, 11) is -1.57. The van der Waals surface area contributed by atoms with E-state index in [1.54, 1.807) is 12.1 Å². The first-order valence-corrected chi connectivity index (χ1v) is 3.16. The van der Waals surface area contributed by atoms with Gasteiger partial charge in [0.1, 0.15) is 0 Å². The van der Waals surface area contributed by atoms with E-state index < -0.39 is 7.32 Å². The van der Waals surface area contributed by atoms with Crippen LogP contribution in [0.15, 0.2) is 18.3 Å². The van der Waals surface area contributed by atoms with Gasteiger partial charge in [-0.05, 0) is 12.1 Å². The van der Waals surface area contributed by atoms with Gasteiger partial charge in [0.15, 0.2) is 0 Å². The zero-order valence-electron chi connectivity index (χ0n) is 5.84. The predicted molar refractivity (Wildman–Crippen MR) is 35.6 cm³/mol. The van der Waals surface area contributed by atoms with Crippen molar-refractivity contribution in [3.8, 4) is 11.6 Å². The van der Waals surface area contributed by atoms with Crippen LogP contribution in [0, 0.1) is 0 Å². The summed E-state index contributed by atoms with van der Waals surface area (Å²) >= 11 is 0. The van der Waals surface area contributed by atoms with Crippen LogP contribution in [0.4, 0.5) is 0 Å². The first-order valence-electron chi connectivity index (χ1n) is 3.16. The highest BCUT2D eigenvalue weighted by molar-refractivity contribution is 6.33. The molecule has 0 saturated heterocycles. The van der Waals surface area contributed by atoms with E-state index in [4.69, 9.17) is 5.02 Å². The summed E-state index contributed by atoms with van der Waals surface area (Å²) in [5, 5.41) is 8.74. The minimum absolute atomic E-state index is 0.106. The molecule has 0 aliphatic carbocycles. The van der Waals surface area contributed by atoms with Gasteiger partial charge in [-0.2, -0.15) is 9.61 Å². The van der Waals surface area contributed by atoms with Crippen molar-refractivity contribution in [2.24, 2.45) is 0 Å². The molecule has 1 aliphatic rings. The van der Waals surface area contributed by atoms with Gasteiger partial charge in [0.05, 0.1) is 0 Å². The molecule has 12 heavy (non-hydrogen) atoms. The first-order chi connectivity index (χ1) is 5.86. The Kier molecular flexibility index (Phi) is 1.82. The third-order valence-electron chi connectivity index (χ3n) is 1.17. The van der Waals surface area contributed by atoms with Gasteiger partial charge in [0.2, 0.25) is 5.75 Å². The largest absolute Gasteiger partial charge is 0.713 e. The Bertz CT molecular complexity index is 255. The fourth-order valence-electron chi connectivity index (χ4n) is 0.698. The Morgan fingerprint density at radius 2 is 2.17 bits per heavy atom. The number of hydrogen-bond donors (Lipinski definition) is 1. The maximum absolute atomic E-state index is 8.74. The maximum atomic E-state index is 8.74. The lowest BCUT2D eigenvalue weighted by molar-refractivity contribution is -0.186. The van der Waals surface area contributed by atoms with E-state index in [0.29, 0.717) is 0 Å². The van der Waals surface area contributed by atoms with E-state index in [-0.39, 0.29) is 11.6 Å². The van der Waals surface area contributed by atoms with Crippen LogP contribution in [0.1, 0.15) is 0 Å². The van der Waals surface area contributed by atoms with Crippen LogP contribution < -0.4 is 9.78 Å². The van der Waals surface area contributed by atoms with Crippen LogP contribution in [-0.4, -0.2) is 17.3 Å². The van der Waals surface area contributed by atoms with Crippen molar-refractivity contribution < 1.29 is 24.4 Å². The van der Waals surface area contributed by atoms with Crippen LogP contribution in [0.25, 0.3) is 0 Å². The Hall–Kier alpha value is -1.31. The highest BCUT2D eigenvalue weighted by Crippen LogP contribution is 2.25. The lowest BCUT2D eigenvalue weighted by Gasteiger charge is -1.98. The van der Waals surface area contributed by atoms with Crippen molar-refractivity contribution in [1.82, 2.24) is 4.98 Å². The number of nitrogens with zero attached hydrogens (tertiary/aromatic N) is 1. The molecule has 0 spiro atoms. The van der Waals surface area contributed by atoms with Crippen LogP contribution in [0.5, 0.6) is 11.6 Å². The summed E-state index contributed by atoms with van der Waals surface area (Å²) in [5.74, 6) is 0.350. The molecular weight excluding hydrogens is 165 g/mol. The van der Waals surface area contributed by atoms with Gasteiger partial charge in [-0.25, -0.2) is 4.98 Å². The predicted octanol–water partition coefficient (Wildman–Crippen LogP) is -0.307. The van der Waals surface area contributed by atoms with E-state index in [1.807, 2.05) is 0 Å². The van der Waals surface area contributed by atoms with E-state index in [9.17, 15) is 0 Å². The molecule has 0 amide bonds. The number of rotatable bonds is 0. The molecule has 0 saturated carbocycles. The molecule has 1 aromatic heterocycles. The average Bonchev–Trinajstić information content (AvgIpc) is 2.29. The maximum Gasteiger partial charge on any atom is 0.713 e. The van der Waals surface area contributed by atoms with Gasteiger partial charge in [-0.3, -0.25) is 0 Å². The molecule has 0 fully saturated rings. The smallest absolute Gasteiger partial charge is 0.398 e. The van der Waals surface area contributed by atoms with Crippen molar-refractivity contribution >= 4 is 7.32 Å². The minimum Gasteiger partial charge on any atom is -0.398 e. The summed E-state index contributed by atoms with van der Waals surface area (Å²) in [5.41, 5.74) is 0. The summed E-state index contributed by atoms with van der Waals surface area (Å²) in [6, 6.07) is 3.19. The van der Waals surface area contributed by atoms with Gasteiger partial charge in [0, 0.05) is 6.20 Å². The Balaban J connectivity index is 2.26. The van der Waals surface area contributed by atoms with Crippen molar-refractivity contribution in [2.45, 2.75) is 0 Å². The molecule has 1 aliphatic heterocycles. The fourth-order valence-corrected chi connectivity index (χ4v) is 0.698. The molecule has 0 bridgehead atoms. The van der Waals surface area contributed by atoms with E-state index in [2.05, 4.69) is 24.4 Å². The van der Waals surface area contributed by atoms with Crippen molar-refractivity contribution in [3.05, 3.63) is 18.3 Å². The van der Waals surface area contributed by atoms with Crippen molar-refractivity contribution in [3.63, 3.8) is 0 Å². The molecule has 2 heterocycles. The number of hydrogen-bond acceptors (Lipinski definition) is 6. The Morgan fingerprint density at radius 1 is 1.33 bits per heavy atom. The lowest BCUT2D eigenvalue weighted by atomic mass is 10.3. The highest BCUT2D eigenvalue weighted by atomic mass is 17.3. The Labute approximate surface area is 67.7 Å². The van der Waals surface area contributed by atoms with E-state index in [0.717, 1.165) is 0 Å². The van der Waals surface area contributed by atoms with Gasteiger partial charge >= 0.3 is 13.2 Å². The average molecular weight is 169 g/mol. The number of fused-ring (bicyclic) bond motifs is 1. The molecule has 1 aromatic rings. The minimum atomic E-state index is -1.57. The molecule has 0 unspecified atom stereocenters. The van der Waals surface area contributed by atoms with Gasteiger partial charge in [0.25, 0.3) is 0 Å². The number of aromatic nitrogens is 1. The topological polar surface area (TPSA) is 70.0 Å². The van der Waals surface area contributed by atoms with Crippen LogP contribution >= 0.6 is 0 Å². The summed E-state index contributed by atoms with van der Waals surface area (Å²) in [6.45, 7) is 0. The quantitative estimate of drug-likeness (QED) is 0.424. The normalized spacial score (nSPS) is 15.6. The molecule has 7 heteroatoms. The summed E-state index contributed by atoms with van der Waals surface area (Å²) < 4.78 is 0. The molecule has 0 aromatic carbocycles. The fraction of sp³-hybridized carbons (Fsp3) is 0. The molecule has 1 N–H and O–H groups in total. The monoisotopic (exact) mass is 169 g/mol. The molecule has 0 radical (unpaired) electrons. The van der Waals surface area contributed by atoms with E-state index >= 15 is 0 Å². The van der Waals surface area contributed by atoms with Crippen LogP contribution in [0.2, 0.25) is 0 Å². The molecule has 6 nitrogen and oxygen atoms in total. The molecule has 2 rings (SSSR count). The molecular formula is C5H4BNO5. The second-order valence-corrected chi connectivity index (χ2v) is 1.97. The second-order valence-electron chi connectivity index (χ2n) is 1.97. The Morgan fingerprint density at radius 3 is 3.08 bits per heavy atom. The zero-order chi connectivity index (χ0) is 8.39.